The van der Waals surface area contributed by atoms with Crippen LogP contribution in [0, 0.1) is 0 Å². The van der Waals surface area contributed by atoms with Gasteiger partial charge in [-0.25, -0.2) is 0 Å². The molecule has 0 aromatic heterocycles. The second-order valence-electron chi connectivity index (χ2n) is 6.78. The zero-order valence-electron chi connectivity index (χ0n) is 15.3. The highest BCUT2D eigenvalue weighted by Gasteiger charge is 2.17. The number of halogens is 1. The maximum absolute atomic E-state index is 12.8. The van der Waals surface area contributed by atoms with Crippen LogP contribution in [0.25, 0.3) is 0 Å². The van der Waals surface area contributed by atoms with Crippen molar-refractivity contribution in [2.24, 2.45) is 0 Å². The third-order valence-corrected chi connectivity index (χ3v) is 5.16. The minimum atomic E-state index is -0.0136. The number of carbonyl (C=O) groups excluding carboxylic acids is 1. The summed E-state index contributed by atoms with van der Waals surface area (Å²) < 4.78 is 5.37. The summed E-state index contributed by atoms with van der Waals surface area (Å²) in [5, 5.41) is 4.07. The number of amides is 1. The van der Waals surface area contributed by atoms with Crippen molar-refractivity contribution < 1.29 is 9.53 Å². The quantitative estimate of drug-likeness (QED) is 0.859. The van der Waals surface area contributed by atoms with Crippen LogP contribution in [-0.4, -0.2) is 38.1 Å². The highest BCUT2D eigenvalue weighted by Crippen LogP contribution is 2.25. The molecular weight excluding hydrogens is 348 g/mol. The first-order valence-corrected chi connectivity index (χ1v) is 9.35. The summed E-state index contributed by atoms with van der Waals surface area (Å²) in [5.41, 5.74) is 2.88. The Labute approximate surface area is 160 Å². The minimum Gasteiger partial charge on any atom is -0.496 e. The summed E-state index contributed by atoms with van der Waals surface area (Å²) in [4.78, 5) is 14.4. The lowest BCUT2D eigenvalue weighted by Gasteiger charge is -2.23. The van der Waals surface area contributed by atoms with E-state index in [0.29, 0.717) is 23.0 Å². The predicted octanol–water partition coefficient (Wildman–Crippen LogP) is 4.09. The van der Waals surface area contributed by atoms with Crippen LogP contribution in [-0.2, 0) is 6.54 Å². The fourth-order valence-corrected chi connectivity index (χ4v) is 3.65. The summed E-state index contributed by atoms with van der Waals surface area (Å²) in [6, 6.07) is 13.5. The third-order valence-electron chi connectivity index (χ3n) is 4.92. The largest absolute Gasteiger partial charge is 0.496 e. The van der Waals surface area contributed by atoms with E-state index in [9.17, 15) is 4.79 Å². The van der Waals surface area contributed by atoms with Gasteiger partial charge >= 0.3 is 0 Å². The number of hydrogen-bond donors (Lipinski definition) is 1. The number of carbonyl (C=O) groups is 1. The van der Waals surface area contributed by atoms with Gasteiger partial charge in [0.2, 0.25) is 0 Å². The molecule has 2 aromatic carbocycles. The molecule has 138 valence electrons. The number of ether oxygens (including phenoxy) is 1. The molecule has 1 aliphatic rings. The monoisotopic (exact) mass is 372 g/mol. The van der Waals surface area contributed by atoms with Gasteiger partial charge in [0.1, 0.15) is 5.75 Å². The Morgan fingerprint density at radius 3 is 2.69 bits per heavy atom. The standard InChI is InChI=1S/C21H25ClN2O2/c1-24(14-18-12-19(22)9-10-20(18)26-2)21(25)16-7-5-15(6-8-16)17-4-3-11-23-13-17/h5-10,12,17,23H,3-4,11,13-14H2,1-2H3/t17-/m0/s1. The van der Waals surface area contributed by atoms with Gasteiger partial charge < -0.3 is 15.0 Å². The zero-order valence-corrected chi connectivity index (χ0v) is 16.1. The van der Waals surface area contributed by atoms with Crippen LogP contribution < -0.4 is 10.1 Å². The molecule has 1 heterocycles. The SMILES string of the molecule is COc1ccc(Cl)cc1CN(C)C(=O)c1ccc([C@H]2CCCNC2)cc1. The zero-order chi connectivity index (χ0) is 18.5. The van der Waals surface area contributed by atoms with Crippen molar-refractivity contribution in [3.8, 4) is 5.75 Å². The predicted molar refractivity (Wildman–Crippen MR) is 105 cm³/mol. The Hall–Kier alpha value is -2.04. The van der Waals surface area contributed by atoms with E-state index in [1.807, 2.05) is 24.3 Å². The van der Waals surface area contributed by atoms with Crippen molar-refractivity contribution in [3.05, 3.63) is 64.2 Å². The number of nitrogens with zero attached hydrogens (tertiary/aromatic N) is 1. The van der Waals surface area contributed by atoms with Crippen molar-refractivity contribution in [1.29, 1.82) is 0 Å². The molecule has 1 fully saturated rings. The molecule has 0 unspecified atom stereocenters. The number of methoxy groups -OCH3 is 1. The van der Waals surface area contributed by atoms with Gasteiger partial charge in [0.05, 0.1) is 7.11 Å². The van der Waals surface area contributed by atoms with Crippen molar-refractivity contribution >= 4 is 17.5 Å². The Morgan fingerprint density at radius 1 is 1.27 bits per heavy atom. The van der Waals surface area contributed by atoms with Crippen molar-refractivity contribution in [1.82, 2.24) is 10.2 Å². The van der Waals surface area contributed by atoms with Crippen LogP contribution in [0.5, 0.6) is 5.75 Å². The molecule has 3 rings (SSSR count). The Morgan fingerprint density at radius 2 is 2.04 bits per heavy atom. The fourth-order valence-electron chi connectivity index (χ4n) is 3.45. The second-order valence-corrected chi connectivity index (χ2v) is 7.22. The van der Waals surface area contributed by atoms with Gasteiger partial charge in [0, 0.05) is 36.3 Å². The van der Waals surface area contributed by atoms with E-state index in [1.165, 1.54) is 18.4 Å². The van der Waals surface area contributed by atoms with Crippen LogP contribution in [0.2, 0.25) is 5.02 Å². The molecule has 0 saturated carbocycles. The van der Waals surface area contributed by atoms with Gasteiger partial charge in [0.25, 0.3) is 5.91 Å². The molecule has 26 heavy (non-hydrogen) atoms. The average molecular weight is 373 g/mol. The summed E-state index contributed by atoms with van der Waals surface area (Å²) in [6.45, 7) is 2.56. The van der Waals surface area contributed by atoms with Gasteiger partial charge in [-0.2, -0.15) is 0 Å². The first-order chi connectivity index (χ1) is 12.6. The normalized spacial score (nSPS) is 17.0. The molecule has 5 heteroatoms. The van der Waals surface area contributed by atoms with E-state index in [4.69, 9.17) is 16.3 Å². The lowest BCUT2D eigenvalue weighted by atomic mass is 9.91. The fraction of sp³-hybridized carbons (Fsp3) is 0.381. The summed E-state index contributed by atoms with van der Waals surface area (Å²) >= 11 is 6.08. The van der Waals surface area contributed by atoms with E-state index >= 15 is 0 Å². The van der Waals surface area contributed by atoms with E-state index in [-0.39, 0.29) is 5.91 Å². The molecule has 1 N–H and O–H groups in total. The molecule has 1 saturated heterocycles. The molecular formula is C21H25ClN2O2. The minimum absolute atomic E-state index is 0.0136. The lowest BCUT2D eigenvalue weighted by Crippen LogP contribution is -2.28. The van der Waals surface area contributed by atoms with Gasteiger partial charge in [-0.1, -0.05) is 23.7 Å². The molecule has 0 radical (unpaired) electrons. The maximum Gasteiger partial charge on any atom is 0.253 e. The molecule has 0 bridgehead atoms. The van der Waals surface area contributed by atoms with E-state index < -0.39 is 0 Å². The van der Waals surface area contributed by atoms with Crippen molar-refractivity contribution in [2.45, 2.75) is 25.3 Å². The number of nitrogens with one attached hydrogen (secondary N) is 1. The number of rotatable bonds is 5. The van der Waals surface area contributed by atoms with Crippen molar-refractivity contribution in [2.75, 3.05) is 27.2 Å². The summed E-state index contributed by atoms with van der Waals surface area (Å²) in [7, 11) is 3.41. The molecule has 0 spiro atoms. The molecule has 0 aliphatic carbocycles. The van der Waals surface area contributed by atoms with Crippen molar-refractivity contribution in [3.63, 3.8) is 0 Å². The van der Waals surface area contributed by atoms with E-state index in [1.54, 1.807) is 25.1 Å². The van der Waals surface area contributed by atoms with Gasteiger partial charge in [0.15, 0.2) is 0 Å². The molecule has 2 aromatic rings. The number of hydrogen-bond acceptors (Lipinski definition) is 3. The van der Waals surface area contributed by atoms with E-state index in [0.717, 1.165) is 24.4 Å². The van der Waals surface area contributed by atoms with Crippen LogP contribution in [0.1, 0.15) is 40.2 Å². The average Bonchev–Trinajstić information content (AvgIpc) is 2.68. The number of benzene rings is 2. The van der Waals surface area contributed by atoms with Gasteiger partial charge in [-0.15, -0.1) is 0 Å². The first-order valence-electron chi connectivity index (χ1n) is 8.97. The topological polar surface area (TPSA) is 41.6 Å². The molecule has 1 amide bonds. The summed E-state index contributed by atoms with van der Waals surface area (Å²) in [5.74, 6) is 1.26. The Bertz CT molecular complexity index is 755. The second kappa shape index (κ2) is 8.56. The number of piperidine rings is 1. The van der Waals surface area contributed by atoms with Crippen LogP contribution in [0.4, 0.5) is 0 Å². The van der Waals surface area contributed by atoms with Gasteiger partial charge in [-0.05, 0) is 61.2 Å². The molecule has 1 atom stereocenters. The first kappa shape index (κ1) is 18.7. The highest BCUT2D eigenvalue weighted by molar-refractivity contribution is 6.30. The van der Waals surface area contributed by atoms with Crippen LogP contribution in [0.3, 0.4) is 0 Å². The lowest BCUT2D eigenvalue weighted by molar-refractivity contribution is 0.0784. The molecule has 4 nitrogen and oxygen atoms in total. The van der Waals surface area contributed by atoms with E-state index in [2.05, 4.69) is 17.4 Å². The van der Waals surface area contributed by atoms with Crippen LogP contribution >= 0.6 is 11.6 Å². The Kier molecular flexibility index (Phi) is 6.17. The third kappa shape index (κ3) is 4.37. The summed E-state index contributed by atoms with van der Waals surface area (Å²) in [6.07, 6.45) is 2.41. The maximum atomic E-state index is 12.8. The smallest absolute Gasteiger partial charge is 0.253 e. The van der Waals surface area contributed by atoms with Crippen LogP contribution in [0.15, 0.2) is 42.5 Å². The molecule has 1 aliphatic heterocycles. The highest BCUT2D eigenvalue weighted by atomic mass is 35.5. The Balaban J connectivity index is 1.69. The van der Waals surface area contributed by atoms with Gasteiger partial charge in [-0.3, -0.25) is 4.79 Å².